The largest absolute Gasteiger partial charge is 0.491 e. The summed E-state index contributed by atoms with van der Waals surface area (Å²) in [6.07, 6.45) is -3.01. The Morgan fingerprint density at radius 1 is 1.22 bits per heavy atom. The van der Waals surface area contributed by atoms with Gasteiger partial charge in [0.2, 0.25) is 5.95 Å². The van der Waals surface area contributed by atoms with Crippen LogP contribution in [0.1, 0.15) is 32.8 Å². The van der Waals surface area contributed by atoms with Crippen molar-refractivity contribution < 1.29 is 22.3 Å². The van der Waals surface area contributed by atoms with Crippen LogP contribution in [-0.4, -0.2) is 17.1 Å². The highest BCUT2D eigenvalue weighted by atomic mass is 35.5. The quantitative estimate of drug-likeness (QED) is 0.496. The number of aromatic nitrogens is 1. The van der Waals surface area contributed by atoms with Crippen LogP contribution in [0.15, 0.2) is 30.5 Å². The Labute approximate surface area is 160 Å². The van der Waals surface area contributed by atoms with Gasteiger partial charge in [-0.05, 0) is 37.0 Å². The number of benzene rings is 1. The number of nitrogens with zero attached hydrogens (tertiary/aromatic N) is 1. The summed E-state index contributed by atoms with van der Waals surface area (Å²) in [5.41, 5.74) is 4.59. The molecule has 0 spiro atoms. The maximum Gasteiger partial charge on any atom is 0.419 e. The number of pyridine rings is 1. The molecule has 0 amide bonds. The van der Waals surface area contributed by atoms with Gasteiger partial charge in [0, 0.05) is 23.4 Å². The van der Waals surface area contributed by atoms with Crippen molar-refractivity contribution in [3.63, 3.8) is 0 Å². The molecule has 0 saturated carbocycles. The van der Waals surface area contributed by atoms with Gasteiger partial charge in [0.15, 0.2) is 0 Å². The highest BCUT2D eigenvalue weighted by Gasteiger charge is 2.35. The van der Waals surface area contributed by atoms with Gasteiger partial charge in [0.1, 0.15) is 12.4 Å². The van der Waals surface area contributed by atoms with Crippen molar-refractivity contribution in [2.45, 2.75) is 38.9 Å². The van der Waals surface area contributed by atoms with Gasteiger partial charge in [0.25, 0.3) is 0 Å². The fourth-order valence-electron chi connectivity index (χ4n) is 2.91. The van der Waals surface area contributed by atoms with E-state index in [1.807, 2.05) is 13.8 Å². The number of alkyl halides is 3. The van der Waals surface area contributed by atoms with E-state index in [9.17, 15) is 17.6 Å². The molecule has 1 atom stereocenters. The van der Waals surface area contributed by atoms with Crippen LogP contribution >= 0.6 is 11.6 Å². The Morgan fingerprint density at radius 3 is 2.48 bits per heavy atom. The van der Waals surface area contributed by atoms with Crippen LogP contribution in [0.2, 0.25) is 5.02 Å². The summed E-state index contributed by atoms with van der Waals surface area (Å²) in [6.45, 7) is 5.60. The third kappa shape index (κ3) is 5.81. The molecule has 1 aromatic carbocycles. The van der Waals surface area contributed by atoms with Gasteiger partial charge < -0.3 is 10.5 Å². The van der Waals surface area contributed by atoms with E-state index < -0.39 is 23.2 Å². The molecule has 0 bridgehead atoms. The summed E-state index contributed by atoms with van der Waals surface area (Å²) < 4.78 is 59.4. The van der Waals surface area contributed by atoms with Gasteiger partial charge >= 0.3 is 6.18 Å². The normalized spacial score (nSPS) is 14.3. The Morgan fingerprint density at radius 2 is 1.89 bits per heavy atom. The molecule has 1 aromatic heterocycles. The van der Waals surface area contributed by atoms with Gasteiger partial charge in [-0.15, -0.1) is 0 Å². The Balaban J connectivity index is 2.38. The fourth-order valence-corrected chi connectivity index (χ4v) is 3.13. The van der Waals surface area contributed by atoms with Crippen LogP contribution in [0.4, 0.5) is 17.6 Å². The summed E-state index contributed by atoms with van der Waals surface area (Å²) >= 11 is 5.95. The average Bonchev–Trinajstić information content (AvgIpc) is 2.53. The molecule has 148 valence electrons. The molecule has 0 aliphatic rings. The molecule has 1 heterocycles. The predicted octanol–water partition coefficient (Wildman–Crippen LogP) is 5.70. The molecule has 3 nitrogen and oxygen atoms in total. The van der Waals surface area contributed by atoms with Crippen molar-refractivity contribution >= 4 is 11.6 Å². The lowest BCUT2D eigenvalue weighted by Gasteiger charge is -2.27. The summed E-state index contributed by atoms with van der Waals surface area (Å²) in [5, 5.41) is 0.0460. The SMILES string of the molecule is CC(C)C[C@](C)(N)COc1ccc(-c2cc(F)ncc2Cl)cc1C(F)(F)F. The minimum absolute atomic E-state index is 0.0460. The van der Waals surface area contributed by atoms with Crippen LogP contribution in [0.25, 0.3) is 11.1 Å². The van der Waals surface area contributed by atoms with Gasteiger partial charge in [-0.25, -0.2) is 4.98 Å². The van der Waals surface area contributed by atoms with Crippen molar-refractivity contribution in [2.75, 3.05) is 6.61 Å². The number of nitrogens with two attached hydrogens (primary N) is 1. The molecule has 8 heteroatoms. The number of halogens is 5. The first-order valence-corrected chi connectivity index (χ1v) is 8.71. The predicted molar refractivity (Wildman–Crippen MR) is 97.2 cm³/mol. The minimum Gasteiger partial charge on any atom is -0.491 e. The third-order valence-electron chi connectivity index (χ3n) is 3.85. The molecule has 0 saturated heterocycles. The van der Waals surface area contributed by atoms with Crippen molar-refractivity contribution in [2.24, 2.45) is 11.7 Å². The molecule has 0 radical (unpaired) electrons. The molecular formula is C19H21ClF4N2O. The average molecular weight is 405 g/mol. The highest BCUT2D eigenvalue weighted by molar-refractivity contribution is 6.33. The van der Waals surface area contributed by atoms with Crippen molar-refractivity contribution in [1.29, 1.82) is 0 Å². The van der Waals surface area contributed by atoms with Gasteiger partial charge in [-0.3, -0.25) is 0 Å². The fraction of sp³-hybridized carbons (Fsp3) is 0.421. The van der Waals surface area contributed by atoms with E-state index in [1.165, 1.54) is 12.1 Å². The smallest absolute Gasteiger partial charge is 0.419 e. The number of rotatable bonds is 6. The maximum atomic E-state index is 13.5. The molecule has 0 unspecified atom stereocenters. The second-order valence-corrected chi connectivity index (χ2v) is 7.64. The van der Waals surface area contributed by atoms with Gasteiger partial charge in [0.05, 0.1) is 10.6 Å². The molecule has 2 N–H and O–H groups in total. The first kappa shape index (κ1) is 21.4. The maximum absolute atomic E-state index is 13.5. The van der Waals surface area contributed by atoms with Crippen molar-refractivity contribution in [3.8, 4) is 16.9 Å². The summed E-state index contributed by atoms with van der Waals surface area (Å²) in [4.78, 5) is 3.37. The van der Waals surface area contributed by atoms with Gasteiger partial charge in [-0.1, -0.05) is 31.5 Å². The van der Waals surface area contributed by atoms with E-state index in [0.717, 1.165) is 18.3 Å². The third-order valence-corrected chi connectivity index (χ3v) is 4.15. The van der Waals surface area contributed by atoms with Crippen molar-refractivity contribution in [3.05, 3.63) is 47.0 Å². The van der Waals surface area contributed by atoms with E-state index in [4.69, 9.17) is 22.1 Å². The van der Waals surface area contributed by atoms with Crippen LogP contribution in [-0.2, 0) is 6.18 Å². The van der Waals surface area contributed by atoms with Gasteiger partial charge in [-0.2, -0.15) is 17.6 Å². The Kier molecular flexibility index (Phi) is 6.37. The van der Waals surface area contributed by atoms with Crippen molar-refractivity contribution in [1.82, 2.24) is 4.98 Å². The Hall–Kier alpha value is -1.86. The van der Waals surface area contributed by atoms with E-state index in [0.29, 0.717) is 6.42 Å². The van der Waals surface area contributed by atoms with E-state index in [1.54, 1.807) is 6.92 Å². The second kappa shape index (κ2) is 8.02. The van der Waals surface area contributed by atoms with Crippen LogP contribution in [0.3, 0.4) is 0 Å². The number of hydrogen-bond acceptors (Lipinski definition) is 3. The summed E-state index contributed by atoms with van der Waals surface area (Å²) in [6, 6.07) is 4.45. The topological polar surface area (TPSA) is 48.1 Å². The van der Waals surface area contributed by atoms with Crippen LogP contribution in [0.5, 0.6) is 5.75 Å². The molecule has 0 fully saturated rings. The zero-order valence-electron chi connectivity index (χ0n) is 15.2. The van der Waals surface area contributed by atoms with E-state index in [2.05, 4.69) is 4.98 Å². The molecule has 27 heavy (non-hydrogen) atoms. The monoisotopic (exact) mass is 404 g/mol. The first-order chi connectivity index (χ1) is 12.4. The highest BCUT2D eigenvalue weighted by Crippen LogP contribution is 2.40. The van der Waals surface area contributed by atoms with Crippen LogP contribution < -0.4 is 10.5 Å². The van der Waals surface area contributed by atoms with E-state index >= 15 is 0 Å². The summed E-state index contributed by atoms with van der Waals surface area (Å²) in [7, 11) is 0. The lowest BCUT2D eigenvalue weighted by atomic mass is 9.93. The zero-order valence-corrected chi connectivity index (χ0v) is 16.0. The molecule has 2 aromatic rings. The summed E-state index contributed by atoms with van der Waals surface area (Å²) in [5.74, 6) is -0.898. The lowest BCUT2D eigenvalue weighted by molar-refractivity contribution is -0.139. The first-order valence-electron chi connectivity index (χ1n) is 8.33. The molecule has 2 rings (SSSR count). The molecule has 0 aliphatic heterocycles. The second-order valence-electron chi connectivity index (χ2n) is 7.24. The Bertz CT molecular complexity index is 807. The van der Waals surface area contributed by atoms with E-state index in [-0.39, 0.29) is 34.4 Å². The minimum atomic E-state index is -4.66. The molecule has 0 aliphatic carbocycles. The lowest BCUT2D eigenvalue weighted by Crippen LogP contribution is -2.43. The molecular weight excluding hydrogens is 384 g/mol. The number of hydrogen-bond donors (Lipinski definition) is 1. The van der Waals surface area contributed by atoms with Crippen LogP contribution in [0, 0.1) is 11.9 Å². The zero-order chi connectivity index (χ0) is 20.4. The number of ether oxygens (including phenoxy) is 1. The standard InChI is InChI=1S/C19H21ClF4N2O/c1-11(2)8-18(3,25)10-27-16-5-4-12(6-14(16)19(22,23)24)13-7-17(21)26-9-15(13)20/h4-7,9,11H,8,10,25H2,1-3H3/t18-/m0/s1.